The normalized spacial score (nSPS) is 15.2. The Balaban J connectivity index is 1.83. The summed E-state index contributed by atoms with van der Waals surface area (Å²) >= 11 is 7.61. The number of carbonyl (C=O) groups excluding carboxylic acids is 1. The zero-order valence-electron chi connectivity index (χ0n) is 11.7. The fraction of sp³-hybridized carbons (Fsp3) is 0.533. The Bertz CT molecular complexity index is 461. The van der Waals surface area contributed by atoms with Gasteiger partial charge in [0.25, 0.3) is 0 Å². The molecule has 110 valence electrons. The molecule has 0 bridgehead atoms. The summed E-state index contributed by atoms with van der Waals surface area (Å²) < 4.78 is 5.31. The molecule has 20 heavy (non-hydrogen) atoms. The summed E-state index contributed by atoms with van der Waals surface area (Å²) in [5.41, 5.74) is 1.04. The first kappa shape index (κ1) is 15.5. The van der Waals surface area contributed by atoms with Crippen LogP contribution in [0.3, 0.4) is 0 Å². The highest BCUT2D eigenvalue weighted by molar-refractivity contribution is 7.99. The number of ether oxygens (including phenoxy) is 1. The molecular formula is C15H20ClNO2S. The van der Waals surface area contributed by atoms with Gasteiger partial charge >= 0.3 is 0 Å². The number of likely N-dealkylation sites (tertiary alicyclic amines) is 1. The third kappa shape index (κ3) is 4.32. The number of hydrogen-bond donors (Lipinski definition) is 0. The summed E-state index contributed by atoms with van der Waals surface area (Å²) in [5.74, 6) is 2.34. The molecule has 1 aliphatic heterocycles. The first-order valence-electron chi connectivity index (χ1n) is 6.88. The van der Waals surface area contributed by atoms with Gasteiger partial charge in [0.05, 0.1) is 12.9 Å². The lowest BCUT2D eigenvalue weighted by Gasteiger charge is -2.26. The Labute approximate surface area is 129 Å². The van der Waals surface area contributed by atoms with E-state index in [0.29, 0.717) is 10.8 Å². The van der Waals surface area contributed by atoms with Crippen LogP contribution in [0.15, 0.2) is 18.2 Å². The Morgan fingerprint density at radius 1 is 1.35 bits per heavy atom. The molecule has 0 aliphatic carbocycles. The molecule has 0 unspecified atom stereocenters. The third-order valence-electron chi connectivity index (χ3n) is 3.43. The predicted octanol–water partition coefficient (Wildman–Crippen LogP) is 3.59. The van der Waals surface area contributed by atoms with Crippen molar-refractivity contribution in [1.29, 1.82) is 0 Å². The van der Waals surface area contributed by atoms with Crippen molar-refractivity contribution < 1.29 is 9.53 Å². The zero-order chi connectivity index (χ0) is 14.4. The van der Waals surface area contributed by atoms with Crippen LogP contribution in [0.1, 0.15) is 24.8 Å². The van der Waals surface area contributed by atoms with Crippen LogP contribution in [0.25, 0.3) is 0 Å². The van der Waals surface area contributed by atoms with E-state index in [1.807, 2.05) is 23.1 Å². The third-order valence-corrected chi connectivity index (χ3v) is 4.64. The molecule has 0 N–H and O–H groups in total. The van der Waals surface area contributed by atoms with E-state index < -0.39 is 0 Å². The molecule has 2 rings (SSSR count). The van der Waals surface area contributed by atoms with Crippen molar-refractivity contribution in [2.45, 2.75) is 25.0 Å². The molecule has 1 heterocycles. The molecule has 1 fully saturated rings. The maximum absolute atomic E-state index is 12.1. The van der Waals surface area contributed by atoms with E-state index in [9.17, 15) is 4.79 Å². The van der Waals surface area contributed by atoms with Crippen LogP contribution in [0, 0.1) is 0 Å². The number of hydrogen-bond acceptors (Lipinski definition) is 3. The van der Waals surface area contributed by atoms with Crippen LogP contribution >= 0.6 is 23.4 Å². The molecule has 0 saturated carbocycles. The summed E-state index contributed by atoms with van der Waals surface area (Å²) in [7, 11) is 1.65. The van der Waals surface area contributed by atoms with Crippen molar-refractivity contribution >= 4 is 29.3 Å². The molecule has 3 nitrogen and oxygen atoms in total. The van der Waals surface area contributed by atoms with Crippen molar-refractivity contribution in [3.05, 3.63) is 28.8 Å². The van der Waals surface area contributed by atoms with Crippen molar-refractivity contribution in [1.82, 2.24) is 4.90 Å². The molecule has 1 saturated heterocycles. The summed E-state index contributed by atoms with van der Waals surface area (Å²) in [6.07, 6.45) is 3.52. The van der Waals surface area contributed by atoms with Gasteiger partial charge in [0, 0.05) is 29.4 Å². The molecule has 0 aromatic heterocycles. The number of methoxy groups -OCH3 is 1. The van der Waals surface area contributed by atoms with Gasteiger partial charge in [-0.2, -0.15) is 0 Å². The Hall–Kier alpha value is -0.870. The van der Waals surface area contributed by atoms with Gasteiger partial charge in [0.2, 0.25) is 5.91 Å². The number of benzene rings is 1. The SMILES string of the molecule is COc1ccc(Cl)cc1CSCC(=O)N1CCCCC1. The molecule has 1 amide bonds. The highest BCUT2D eigenvalue weighted by Gasteiger charge is 2.16. The van der Waals surface area contributed by atoms with E-state index in [4.69, 9.17) is 16.3 Å². The van der Waals surface area contributed by atoms with Crippen LogP contribution in [-0.4, -0.2) is 36.8 Å². The van der Waals surface area contributed by atoms with Gasteiger partial charge < -0.3 is 9.64 Å². The van der Waals surface area contributed by atoms with Gasteiger partial charge in [0.1, 0.15) is 5.75 Å². The largest absolute Gasteiger partial charge is 0.496 e. The van der Waals surface area contributed by atoms with Crippen molar-refractivity contribution in [3.63, 3.8) is 0 Å². The second kappa shape index (κ2) is 7.79. The van der Waals surface area contributed by atoms with Crippen molar-refractivity contribution in [3.8, 4) is 5.75 Å². The minimum Gasteiger partial charge on any atom is -0.496 e. The summed E-state index contributed by atoms with van der Waals surface area (Å²) in [6.45, 7) is 1.83. The second-order valence-corrected chi connectivity index (χ2v) is 6.31. The first-order valence-corrected chi connectivity index (χ1v) is 8.42. The Morgan fingerprint density at radius 3 is 2.80 bits per heavy atom. The minimum atomic E-state index is 0.246. The number of halogens is 1. The smallest absolute Gasteiger partial charge is 0.232 e. The number of amides is 1. The van der Waals surface area contributed by atoms with Crippen molar-refractivity contribution in [2.24, 2.45) is 0 Å². The number of piperidine rings is 1. The number of nitrogens with zero attached hydrogens (tertiary/aromatic N) is 1. The van der Waals surface area contributed by atoms with E-state index in [0.717, 1.165) is 43.0 Å². The maximum atomic E-state index is 12.1. The quantitative estimate of drug-likeness (QED) is 0.832. The van der Waals surface area contributed by atoms with Gasteiger partial charge in [-0.15, -0.1) is 11.8 Å². The molecule has 0 radical (unpaired) electrons. The monoisotopic (exact) mass is 313 g/mol. The van der Waals surface area contributed by atoms with E-state index in [1.165, 1.54) is 6.42 Å². The number of rotatable bonds is 5. The molecule has 1 aromatic carbocycles. The van der Waals surface area contributed by atoms with E-state index in [2.05, 4.69) is 0 Å². The summed E-state index contributed by atoms with van der Waals surface area (Å²) in [5, 5.41) is 0.698. The summed E-state index contributed by atoms with van der Waals surface area (Å²) in [6, 6.07) is 5.58. The lowest BCUT2D eigenvalue weighted by atomic mass is 10.1. The average molecular weight is 314 g/mol. The van der Waals surface area contributed by atoms with Crippen LogP contribution in [0.4, 0.5) is 0 Å². The van der Waals surface area contributed by atoms with E-state index in [1.54, 1.807) is 18.9 Å². The van der Waals surface area contributed by atoms with Gasteiger partial charge in [0.15, 0.2) is 0 Å². The topological polar surface area (TPSA) is 29.5 Å². The van der Waals surface area contributed by atoms with Crippen LogP contribution in [0.2, 0.25) is 5.02 Å². The van der Waals surface area contributed by atoms with E-state index in [-0.39, 0.29) is 5.91 Å². The van der Waals surface area contributed by atoms with Crippen LogP contribution in [0.5, 0.6) is 5.75 Å². The number of thioether (sulfide) groups is 1. The Kier molecular flexibility index (Phi) is 6.05. The van der Waals surface area contributed by atoms with Crippen molar-refractivity contribution in [2.75, 3.05) is 26.0 Å². The van der Waals surface area contributed by atoms with E-state index >= 15 is 0 Å². The molecular weight excluding hydrogens is 294 g/mol. The maximum Gasteiger partial charge on any atom is 0.232 e. The van der Waals surface area contributed by atoms with Crippen LogP contribution < -0.4 is 4.74 Å². The fourth-order valence-electron chi connectivity index (χ4n) is 2.34. The lowest BCUT2D eigenvalue weighted by molar-refractivity contribution is -0.129. The predicted molar refractivity (Wildman–Crippen MR) is 84.6 cm³/mol. The Morgan fingerprint density at radius 2 is 2.10 bits per heavy atom. The minimum absolute atomic E-state index is 0.246. The summed E-state index contributed by atoms with van der Waals surface area (Å²) in [4.78, 5) is 14.0. The average Bonchev–Trinajstić information content (AvgIpc) is 2.48. The van der Waals surface area contributed by atoms with Gasteiger partial charge in [-0.05, 0) is 37.5 Å². The zero-order valence-corrected chi connectivity index (χ0v) is 13.3. The standard InChI is InChI=1S/C15H20ClNO2S/c1-19-14-6-5-13(16)9-12(14)10-20-11-15(18)17-7-3-2-4-8-17/h5-6,9H,2-4,7-8,10-11H2,1H3. The van der Waals surface area contributed by atoms with Gasteiger partial charge in [-0.25, -0.2) is 0 Å². The molecule has 5 heteroatoms. The van der Waals surface area contributed by atoms with Crippen LogP contribution in [-0.2, 0) is 10.5 Å². The molecule has 0 atom stereocenters. The molecule has 1 aromatic rings. The second-order valence-electron chi connectivity index (χ2n) is 4.89. The lowest BCUT2D eigenvalue weighted by Crippen LogP contribution is -2.36. The number of carbonyl (C=O) groups is 1. The van der Waals surface area contributed by atoms with Gasteiger partial charge in [-0.1, -0.05) is 11.6 Å². The van der Waals surface area contributed by atoms with Gasteiger partial charge in [-0.3, -0.25) is 4.79 Å². The highest BCUT2D eigenvalue weighted by atomic mass is 35.5. The first-order chi connectivity index (χ1) is 9.70. The molecule has 0 spiro atoms. The highest BCUT2D eigenvalue weighted by Crippen LogP contribution is 2.26. The fourth-order valence-corrected chi connectivity index (χ4v) is 3.44. The molecule has 1 aliphatic rings.